The molecule has 2 fully saturated rings. The Bertz CT molecular complexity index is 622. The molecule has 2 atom stereocenters. The molecule has 2 unspecified atom stereocenters. The van der Waals surface area contributed by atoms with Crippen LogP contribution in [0.4, 0.5) is 0 Å². The number of fused-ring (bicyclic) bond motifs is 1. The smallest absolute Gasteiger partial charge is 0.246 e. The summed E-state index contributed by atoms with van der Waals surface area (Å²) in [7, 11) is 0. The van der Waals surface area contributed by atoms with Gasteiger partial charge in [0, 0.05) is 25.1 Å². The highest BCUT2D eigenvalue weighted by Crippen LogP contribution is 2.39. The molecular formula is C20H27NO2. The van der Waals surface area contributed by atoms with E-state index >= 15 is 0 Å². The third-order valence-corrected chi connectivity index (χ3v) is 5.57. The molecule has 0 bridgehead atoms. The van der Waals surface area contributed by atoms with Crippen LogP contribution in [0, 0.1) is 19.8 Å². The zero-order valence-corrected chi connectivity index (χ0v) is 14.2. The summed E-state index contributed by atoms with van der Waals surface area (Å²) in [6.45, 7) is 5.51. The Morgan fingerprint density at radius 3 is 2.91 bits per heavy atom. The molecule has 1 heterocycles. The predicted octanol–water partition coefficient (Wildman–Crippen LogP) is 3.47. The summed E-state index contributed by atoms with van der Waals surface area (Å²) in [5.74, 6) is 0.320. The Kier molecular flexibility index (Phi) is 4.58. The van der Waals surface area contributed by atoms with Gasteiger partial charge in [-0.3, -0.25) is 4.79 Å². The molecule has 1 saturated heterocycles. The molecule has 0 spiro atoms. The van der Waals surface area contributed by atoms with Crippen molar-refractivity contribution in [2.24, 2.45) is 5.92 Å². The van der Waals surface area contributed by atoms with E-state index in [1.165, 1.54) is 17.5 Å². The Labute approximate surface area is 139 Å². The zero-order chi connectivity index (χ0) is 16.4. The maximum absolute atomic E-state index is 12.5. The van der Waals surface area contributed by atoms with Crippen molar-refractivity contribution in [2.45, 2.75) is 51.6 Å². The van der Waals surface area contributed by atoms with Gasteiger partial charge in [0.1, 0.15) is 0 Å². The fourth-order valence-electron chi connectivity index (χ4n) is 4.05. The van der Waals surface area contributed by atoms with E-state index in [4.69, 9.17) is 0 Å². The molecule has 1 aliphatic carbocycles. The second-order valence-electron chi connectivity index (χ2n) is 7.27. The fraction of sp³-hybridized carbons (Fsp3) is 0.550. The lowest BCUT2D eigenvalue weighted by atomic mass is 9.71. The van der Waals surface area contributed by atoms with E-state index in [0.717, 1.165) is 31.2 Å². The first-order valence-electron chi connectivity index (χ1n) is 8.74. The molecule has 2 aliphatic rings. The van der Waals surface area contributed by atoms with Crippen molar-refractivity contribution < 1.29 is 9.90 Å². The molecule has 1 saturated carbocycles. The van der Waals surface area contributed by atoms with Gasteiger partial charge in [0.05, 0.1) is 5.60 Å². The number of hydrogen-bond acceptors (Lipinski definition) is 2. The summed E-state index contributed by atoms with van der Waals surface area (Å²) < 4.78 is 0. The minimum absolute atomic E-state index is 0.0672. The Morgan fingerprint density at radius 1 is 1.30 bits per heavy atom. The van der Waals surface area contributed by atoms with Crippen molar-refractivity contribution in [3.8, 4) is 0 Å². The minimum Gasteiger partial charge on any atom is -0.389 e. The van der Waals surface area contributed by atoms with Crippen LogP contribution in [0.1, 0.15) is 48.8 Å². The van der Waals surface area contributed by atoms with Gasteiger partial charge in [0.2, 0.25) is 5.91 Å². The molecule has 3 rings (SSSR count). The summed E-state index contributed by atoms with van der Waals surface area (Å²) in [6.07, 6.45) is 8.56. The number of aliphatic hydroxyl groups is 1. The summed E-state index contributed by atoms with van der Waals surface area (Å²) in [4.78, 5) is 14.4. The van der Waals surface area contributed by atoms with E-state index in [2.05, 4.69) is 32.0 Å². The average Bonchev–Trinajstić information content (AvgIpc) is 2.53. The van der Waals surface area contributed by atoms with Gasteiger partial charge in [-0.15, -0.1) is 0 Å². The highest BCUT2D eigenvalue weighted by Gasteiger charge is 2.43. The van der Waals surface area contributed by atoms with Crippen LogP contribution in [-0.2, 0) is 4.79 Å². The molecule has 124 valence electrons. The fourth-order valence-corrected chi connectivity index (χ4v) is 4.05. The number of nitrogens with zero attached hydrogens (tertiary/aromatic N) is 1. The lowest BCUT2D eigenvalue weighted by molar-refractivity contribution is -0.138. The SMILES string of the molecule is Cc1ccc(C=CC(=O)N2CCC3(O)CCCCC3C2)c(C)c1. The van der Waals surface area contributed by atoms with Gasteiger partial charge < -0.3 is 10.0 Å². The van der Waals surface area contributed by atoms with Gasteiger partial charge in [-0.2, -0.15) is 0 Å². The van der Waals surface area contributed by atoms with E-state index in [1.54, 1.807) is 6.08 Å². The molecule has 1 aromatic rings. The third kappa shape index (κ3) is 3.50. The number of amides is 1. The van der Waals surface area contributed by atoms with Crippen molar-refractivity contribution in [3.05, 3.63) is 41.0 Å². The van der Waals surface area contributed by atoms with Crippen molar-refractivity contribution in [3.63, 3.8) is 0 Å². The Balaban J connectivity index is 1.65. The van der Waals surface area contributed by atoms with Crippen LogP contribution in [0.2, 0.25) is 0 Å². The number of likely N-dealkylation sites (tertiary alicyclic amines) is 1. The monoisotopic (exact) mass is 313 g/mol. The van der Waals surface area contributed by atoms with Crippen molar-refractivity contribution in [1.82, 2.24) is 4.90 Å². The van der Waals surface area contributed by atoms with Crippen LogP contribution < -0.4 is 0 Å². The minimum atomic E-state index is -0.522. The number of aryl methyl sites for hydroxylation is 2. The Hall–Kier alpha value is -1.61. The van der Waals surface area contributed by atoms with Crippen molar-refractivity contribution >= 4 is 12.0 Å². The summed E-state index contributed by atoms with van der Waals surface area (Å²) in [6, 6.07) is 6.26. The quantitative estimate of drug-likeness (QED) is 0.849. The first kappa shape index (κ1) is 16.3. The molecule has 1 N–H and O–H groups in total. The molecule has 3 nitrogen and oxygen atoms in total. The standard InChI is InChI=1S/C20H27NO2/c1-15-6-7-17(16(2)13-15)8-9-19(22)21-12-11-20(23)10-4-3-5-18(20)14-21/h6-9,13,18,23H,3-5,10-12,14H2,1-2H3. The topological polar surface area (TPSA) is 40.5 Å². The van der Waals surface area contributed by atoms with Crippen molar-refractivity contribution in [1.29, 1.82) is 0 Å². The van der Waals surface area contributed by atoms with Crippen LogP contribution in [0.3, 0.4) is 0 Å². The lowest BCUT2D eigenvalue weighted by Crippen LogP contribution is -2.54. The maximum atomic E-state index is 12.5. The predicted molar refractivity (Wildman–Crippen MR) is 93.1 cm³/mol. The second kappa shape index (κ2) is 6.48. The molecule has 1 amide bonds. The molecular weight excluding hydrogens is 286 g/mol. The van der Waals surface area contributed by atoms with E-state index in [0.29, 0.717) is 13.1 Å². The summed E-state index contributed by atoms with van der Waals surface area (Å²) in [5.41, 5.74) is 3.00. The summed E-state index contributed by atoms with van der Waals surface area (Å²) in [5, 5.41) is 10.7. The highest BCUT2D eigenvalue weighted by atomic mass is 16.3. The van der Waals surface area contributed by atoms with E-state index in [9.17, 15) is 9.90 Å². The van der Waals surface area contributed by atoms with E-state index in [-0.39, 0.29) is 11.8 Å². The molecule has 3 heteroatoms. The molecule has 0 radical (unpaired) electrons. The largest absolute Gasteiger partial charge is 0.389 e. The van der Waals surface area contributed by atoms with E-state index < -0.39 is 5.60 Å². The number of hydrogen-bond donors (Lipinski definition) is 1. The van der Waals surface area contributed by atoms with Gasteiger partial charge in [-0.05, 0) is 50.3 Å². The summed E-state index contributed by atoms with van der Waals surface area (Å²) >= 11 is 0. The number of piperidine rings is 1. The van der Waals surface area contributed by atoms with Crippen LogP contribution in [0.25, 0.3) is 6.08 Å². The molecule has 1 aliphatic heterocycles. The van der Waals surface area contributed by atoms with Crippen LogP contribution in [0.5, 0.6) is 0 Å². The van der Waals surface area contributed by atoms with Gasteiger partial charge in [-0.25, -0.2) is 0 Å². The number of rotatable bonds is 2. The Morgan fingerprint density at radius 2 is 2.13 bits per heavy atom. The normalized spacial score (nSPS) is 28.0. The first-order chi connectivity index (χ1) is 11.0. The van der Waals surface area contributed by atoms with Gasteiger partial charge in [0.15, 0.2) is 0 Å². The average molecular weight is 313 g/mol. The van der Waals surface area contributed by atoms with E-state index in [1.807, 2.05) is 11.0 Å². The number of benzene rings is 1. The number of carbonyl (C=O) groups excluding carboxylic acids is 1. The van der Waals surface area contributed by atoms with Gasteiger partial charge in [-0.1, -0.05) is 36.6 Å². The van der Waals surface area contributed by atoms with Crippen LogP contribution >= 0.6 is 0 Å². The number of carbonyl (C=O) groups is 1. The van der Waals surface area contributed by atoms with Gasteiger partial charge >= 0.3 is 0 Å². The molecule has 23 heavy (non-hydrogen) atoms. The molecule has 1 aromatic carbocycles. The van der Waals surface area contributed by atoms with Crippen LogP contribution in [0.15, 0.2) is 24.3 Å². The highest BCUT2D eigenvalue weighted by molar-refractivity contribution is 5.92. The van der Waals surface area contributed by atoms with Gasteiger partial charge in [0.25, 0.3) is 0 Å². The van der Waals surface area contributed by atoms with Crippen molar-refractivity contribution in [2.75, 3.05) is 13.1 Å². The zero-order valence-electron chi connectivity index (χ0n) is 14.2. The van der Waals surface area contributed by atoms with Crippen LogP contribution in [-0.4, -0.2) is 34.6 Å². The lowest BCUT2D eigenvalue weighted by Gasteiger charge is -2.47. The second-order valence-corrected chi connectivity index (χ2v) is 7.27. The maximum Gasteiger partial charge on any atom is 0.246 e. The first-order valence-corrected chi connectivity index (χ1v) is 8.74. The molecule has 0 aromatic heterocycles. The third-order valence-electron chi connectivity index (χ3n) is 5.57.